The number of nitrogens with one attached hydrogen (secondary N) is 1. The van der Waals surface area contributed by atoms with E-state index >= 15 is 0 Å². The summed E-state index contributed by atoms with van der Waals surface area (Å²) in [6, 6.07) is 4.34. The molecule has 3 rings (SSSR count). The van der Waals surface area contributed by atoms with E-state index in [2.05, 4.69) is 26.7 Å². The molecular formula is C13H16N4S. The fourth-order valence-corrected chi connectivity index (χ4v) is 2.81. The lowest BCUT2D eigenvalue weighted by Gasteiger charge is -2.32. The van der Waals surface area contributed by atoms with Crippen LogP contribution in [0.2, 0.25) is 0 Å². The molecule has 1 aliphatic carbocycles. The highest BCUT2D eigenvalue weighted by Gasteiger charge is 2.27. The second-order valence-corrected chi connectivity index (χ2v) is 5.28. The molecule has 0 aromatic carbocycles. The van der Waals surface area contributed by atoms with Crippen LogP contribution in [0.3, 0.4) is 0 Å². The van der Waals surface area contributed by atoms with Gasteiger partial charge in [-0.15, -0.1) is 0 Å². The van der Waals surface area contributed by atoms with E-state index in [4.69, 9.17) is 12.2 Å². The minimum absolute atomic E-state index is 0.403. The van der Waals surface area contributed by atoms with Crippen molar-refractivity contribution in [1.29, 1.82) is 0 Å². The number of hydrogen-bond donors (Lipinski definition) is 1. The van der Waals surface area contributed by atoms with E-state index in [1.54, 1.807) is 6.20 Å². The first-order valence-corrected chi connectivity index (χ1v) is 6.75. The maximum atomic E-state index is 5.36. The molecule has 2 heterocycles. The predicted molar refractivity (Wildman–Crippen MR) is 72.7 cm³/mol. The molecule has 0 aliphatic heterocycles. The van der Waals surface area contributed by atoms with E-state index in [0.29, 0.717) is 10.8 Å². The van der Waals surface area contributed by atoms with Crippen LogP contribution in [0.1, 0.15) is 32.2 Å². The summed E-state index contributed by atoms with van der Waals surface area (Å²) in [5.41, 5.74) is 1.01. The zero-order valence-corrected chi connectivity index (χ0v) is 11.2. The topological polar surface area (TPSA) is 46.5 Å². The zero-order valence-electron chi connectivity index (χ0n) is 10.3. The van der Waals surface area contributed by atoms with Crippen molar-refractivity contribution in [3.8, 4) is 11.4 Å². The monoisotopic (exact) mass is 260 g/mol. The van der Waals surface area contributed by atoms with Crippen LogP contribution in [0.15, 0.2) is 24.5 Å². The van der Waals surface area contributed by atoms with Gasteiger partial charge in [0.05, 0.1) is 0 Å². The van der Waals surface area contributed by atoms with E-state index in [0.717, 1.165) is 17.3 Å². The number of rotatable bonds is 3. The summed E-state index contributed by atoms with van der Waals surface area (Å²) < 4.78 is 2.84. The fraction of sp³-hybridized carbons (Fsp3) is 0.462. The second-order valence-electron chi connectivity index (χ2n) is 4.90. The summed E-state index contributed by atoms with van der Waals surface area (Å²) in [6.07, 6.45) is 7.52. The van der Waals surface area contributed by atoms with E-state index in [9.17, 15) is 0 Å². The number of aromatic amines is 1. The molecule has 18 heavy (non-hydrogen) atoms. The molecule has 4 nitrogen and oxygen atoms in total. The number of H-pyrrole nitrogens is 1. The summed E-state index contributed by atoms with van der Waals surface area (Å²) in [4.78, 5) is 4.15. The van der Waals surface area contributed by atoms with Crippen LogP contribution in [0, 0.1) is 10.7 Å². The Labute approximate surface area is 111 Å². The summed E-state index contributed by atoms with van der Waals surface area (Å²) in [5.74, 6) is 1.62. The van der Waals surface area contributed by atoms with E-state index in [1.807, 2.05) is 18.3 Å². The quantitative estimate of drug-likeness (QED) is 0.861. The third kappa shape index (κ3) is 1.88. The van der Waals surface area contributed by atoms with Crippen molar-refractivity contribution in [1.82, 2.24) is 19.7 Å². The molecule has 0 saturated heterocycles. The lowest BCUT2D eigenvalue weighted by atomic mass is 9.80. The van der Waals surface area contributed by atoms with Gasteiger partial charge in [0.1, 0.15) is 0 Å². The highest BCUT2D eigenvalue weighted by atomic mass is 32.1. The summed E-state index contributed by atoms with van der Waals surface area (Å²) >= 11 is 5.36. The normalized spacial score (nSPS) is 17.4. The third-order valence-corrected chi connectivity index (χ3v) is 4.15. The van der Waals surface area contributed by atoms with Crippen molar-refractivity contribution in [2.75, 3.05) is 0 Å². The average molecular weight is 260 g/mol. The number of pyridine rings is 1. The van der Waals surface area contributed by atoms with Crippen LogP contribution in [0.25, 0.3) is 11.4 Å². The standard InChI is InChI=1S/C13H16N4S/c1-9(10-4-2-5-10)17-12(15-16-13(17)18)11-6-3-7-14-8-11/h3,6-10H,2,4-5H2,1H3,(H,16,18). The lowest BCUT2D eigenvalue weighted by molar-refractivity contribution is 0.222. The van der Waals surface area contributed by atoms with Gasteiger partial charge in [-0.25, -0.2) is 0 Å². The molecular weight excluding hydrogens is 244 g/mol. The second kappa shape index (κ2) is 4.65. The van der Waals surface area contributed by atoms with Gasteiger partial charge in [-0.1, -0.05) is 6.42 Å². The van der Waals surface area contributed by atoms with Crippen LogP contribution in [-0.4, -0.2) is 19.7 Å². The molecule has 1 N–H and O–H groups in total. The minimum atomic E-state index is 0.403. The first-order chi connectivity index (χ1) is 8.77. The van der Waals surface area contributed by atoms with Gasteiger partial charge in [0.2, 0.25) is 0 Å². The van der Waals surface area contributed by atoms with Gasteiger partial charge < -0.3 is 0 Å². The molecule has 1 aliphatic rings. The molecule has 1 fully saturated rings. The van der Waals surface area contributed by atoms with Gasteiger partial charge in [0, 0.05) is 24.0 Å². The maximum absolute atomic E-state index is 5.36. The highest BCUT2D eigenvalue weighted by Crippen LogP contribution is 2.37. The van der Waals surface area contributed by atoms with Crippen LogP contribution in [-0.2, 0) is 0 Å². The Hall–Kier alpha value is -1.49. The van der Waals surface area contributed by atoms with E-state index in [-0.39, 0.29) is 0 Å². The maximum Gasteiger partial charge on any atom is 0.195 e. The Morgan fingerprint density at radius 1 is 1.50 bits per heavy atom. The van der Waals surface area contributed by atoms with Gasteiger partial charge in [-0.05, 0) is 50.0 Å². The van der Waals surface area contributed by atoms with E-state index in [1.165, 1.54) is 19.3 Å². The van der Waals surface area contributed by atoms with Crippen molar-refractivity contribution < 1.29 is 0 Å². The molecule has 2 aromatic rings. The van der Waals surface area contributed by atoms with Crippen molar-refractivity contribution >= 4 is 12.2 Å². The Balaban J connectivity index is 2.03. The van der Waals surface area contributed by atoms with Crippen molar-refractivity contribution in [3.63, 3.8) is 0 Å². The highest BCUT2D eigenvalue weighted by molar-refractivity contribution is 7.71. The average Bonchev–Trinajstić information content (AvgIpc) is 2.70. The number of nitrogens with zero attached hydrogens (tertiary/aromatic N) is 3. The molecule has 0 amide bonds. The van der Waals surface area contributed by atoms with Crippen LogP contribution in [0.5, 0.6) is 0 Å². The third-order valence-electron chi connectivity index (χ3n) is 3.86. The van der Waals surface area contributed by atoms with Crippen LogP contribution >= 0.6 is 12.2 Å². The molecule has 1 atom stereocenters. The van der Waals surface area contributed by atoms with Gasteiger partial charge in [0.15, 0.2) is 10.6 Å². The smallest absolute Gasteiger partial charge is 0.195 e. The Morgan fingerprint density at radius 2 is 2.33 bits per heavy atom. The molecule has 94 valence electrons. The Kier molecular flexibility index (Phi) is 2.99. The van der Waals surface area contributed by atoms with Gasteiger partial charge in [0.25, 0.3) is 0 Å². The van der Waals surface area contributed by atoms with Crippen LogP contribution in [0.4, 0.5) is 0 Å². The molecule has 0 spiro atoms. The Bertz CT molecular complexity index is 583. The lowest BCUT2D eigenvalue weighted by Crippen LogP contribution is -2.23. The van der Waals surface area contributed by atoms with Gasteiger partial charge >= 0.3 is 0 Å². The van der Waals surface area contributed by atoms with Crippen molar-refractivity contribution in [3.05, 3.63) is 29.3 Å². The van der Waals surface area contributed by atoms with Crippen molar-refractivity contribution in [2.24, 2.45) is 5.92 Å². The first kappa shape index (κ1) is 11.6. The molecule has 1 saturated carbocycles. The Morgan fingerprint density at radius 3 is 2.94 bits per heavy atom. The first-order valence-electron chi connectivity index (χ1n) is 6.34. The van der Waals surface area contributed by atoms with Crippen LogP contribution < -0.4 is 0 Å². The van der Waals surface area contributed by atoms with Crippen molar-refractivity contribution in [2.45, 2.75) is 32.2 Å². The van der Waals surface area contributed by atoms with E-state index < -0.39 is 0 Å². The molecule has 0 radical (unpaired) electrons. The predicted octanol–water partition coefficient (Wildman–Crippen LogP) is 3.36. The largest absolute Gasteiger partial charge is 0.297 e. The SMILES string of the molecule is CC(C1CCC1)n1c(-c2cccnc2)n[nH]c1=S. The van der Waals surface area contributed by atoms with Gasteiger partial charge in [-0.2, -0.15) is 5.10 Å². The number of aromatic nitrogens is 4. The summed E-state index contributed by atoms with van der Waals surface area (Å²) in [6.45, 7) is 2.23. The molecule has 5 heteroatoms. The minimum Gasteiger partial charge on any atom is -0.297 e. The number of hydrogen-bond acceptors (Lipinski definition) is 3. The summed E-state index contributed by atoms with van der Waals surface area (Å²) in [7, 11) is 0. The molecule has 2 aromatic heterocycles. The van der Waals surface area contributed by atoms with Gasteiger partial charge in [-0.3, -0.25) is 14.6 Å². The zero-order chi connectivity index (χ0) is 12.5. The molecule has 1 unspecified atom stereocenters. The molecule has 0 bridgehead atoms. The fourth-order valence-electron chi connectivity index (χ4n) is 2.51. The summed E-state index contributed by atoms with van der Waals surface area (Å²) in [5, 5.41) is 7.26.